The quantitative estimate of drug-likeness (QED) is 0.532. The maximum absolute atomic E-state index is 13.3. The van der Waals surface area contributed by atoms with Gasteiger partial charge in [-0.15, -0.1) is 21.5 Å². The van der Waals surface area contributed by atoms with Gasteiger partial charge in [0.05, 0.1) is 22.2 Å². The number of H-pyrrole nitrogens is 1. The van der Waals surface area contributed by atoms with Gasteiger partial charge in [-0.2, -0.15) is 0 Å². The molecule has 1 aliphatic rings. The molecule has 3 aromatic heterocycles. The lowest BCUT2D eigenvalue weighted by Crippen LogP contribution is -2.41. The summed E-state index contributed by atoms with van der Waals surface area (Å²) in [4.78, 5) is 27.3. The summed E-state index contributed by atoms with van der Waals surface area (Å²) in [6.07, 6.45) is 2.27. The molecular weight excluding hydrogens is 392 g/mol. The minimum atomic E-state index is -1.32. The van der Waals surface area contributed by atoms with Crippen LogP contribution in [0.4, 0.5) is 0 Å². The van der Waals surface area contributed by atoms with Crippen LogP contribution in [0, 0.1) is 0 Å². The minimum Gasteiger partial charge on any atom is -0.414 e. The van der Waals surface area contributed by atoms with Gasteiger partial charge in [0.1, 0.15) is 16.7 Å². The van der Waals surface area contributed by atoms with E-state index in [0.717, 1.165) is 26.6 Å². The zero-order valence-corrected chi connectivity index (χ0v) is 16.6. The predicted octanol–water partition coefficient (Wildman–Crippen LogP) is 2.42. The minimum absolute atomic E-state index is 0.00476. The van der Waals surface area contributed by atoms with Crippen molar-refractivity contribution in [2.75, 3.05) is 6.54 Å². The van der Waals surface area contributed by atoms with Crippen molar-refractivity contribution < 1.29 is 14.3 Å². The third kappa shape index (κ3) is 3.00. The van der Waals surface area contributed by atoms with E-state index in [1.54, 1.807) is 11.2 Å². The van der Waals surface area contributed by atoms with Gasteiger partial charge in [-0.3, -0.25) is 4.79 Å². The lowest BCUT2D eigenvalue weighted by molar-refractivity contribution is 0.0441. The Bertz CT molecular complexity index is 1170. The van der Waals surface area contributed by atoms with Gasteiger partial charge < -0.3 is 19.4 Å². The van der Waals surface area contributed by atoms with Crippen molar-refractivity contribution in [1.82, 2.24) is 30.0 Å². The Balaban J connectivity index is 1.57. The maximum atomic E-state index is 13.3. The van der Waals surface area contributed by atoms with E-state index in [2.05, 4.69) is 20.2 Å². The van der Waals surface area contributed by atoms with Crippen molar-refractivity contribution in [3.05, 3.63) is 58.8 Å². The SMILES string of the molecule is CC(C)(O)c1nnc(C(=O)N2CCc3[nH]cnc3[C@H]2c2nc3ccccc3s2)o1. The van der Waals surface area contributed by atoms with Crippen LogP contribution in [-0.2, 0) is 12.0 Å². The van der Waals surface area contributed by atoms with E-state index in [0.29, 0.717) is 13.0 Å². The number of imidazole rings is 1. The average molecular weight is 410 g/mol. The van der Waals surface area contributed by atoms with Crippen LogP contribution in [0.3, 0.4) is 0 Å². The van der Waals surface area contributed by atoms with Crippen LogP contribution in [0.5, 0.6) is 0 Å². The highest BCUT2D eigenvalue weighted by atomic mass is 32.1. The van der Waals surface area contributed by atoms with Crippen molar-refractivity contribution >= 4 is 27.5 Å². The van der Waals surface area contributed by atoms with Gasteiger partial charge in [0, 0.05) is 18.7 Å². The van der Waals surface area contributed by atoms with Gasteiger partial charge in [-0.05, 0) is 26.0 Å². The van der Waals surface area contributed by atoms with Gasteiger partial charge in [-0.1, -0.05) is 12.1 Å². The zero-order valence-electron chi connectivity index (χ0n) is 15.8. The summed E-state index contributed by atoms with van der Waals surface area (Å²) in [5, 5.41) is 18.5. The molecule has 2 N–H and O–H groups in total. The lowest BCUT2D eigenvalue weighted by atomic mass is 10.0. The highest BCUT2D eigenvalue weighted by Crippen LogP contribution is 2.38. The first-order chi connectivity index (χ1) is 13.9. The molecule has 4 heterocycles. The summed E-state index contributed by atoms with van der Waals surface area (Å²) >= 11 is 1.53. The van der Waals surface area contributed by atoms with Crippen LogP contribution in [0.25, 0.3) is 10.2 Å². The normalized spacial score (nSPS) is 16.9. The van der Waals surface area contributed by atoms with Crippen LogP contribution in [-0.4, -0.2) is 47.6 Å². The van der Waals surface area contributed by atoms with Crippen LogP contribution in [0.2, 0.25) is 0 Å². The number of amides is 1. The fourth-order valence-corrected chi connectivity index (χ4v) is 4.52. The van der Waals surface area contributed by atoms with E-state index in [1.807, 2.05) is 24.3 Å². The molecule has 0 spiro atoms. The van der Waals surface area contributed by atoms with E-state index in [1.165, 1.54) is 25.2 Å². The number of rotatable bonds is 3. The summed E-state index contributed by atoms with van der Waals surface area (Å²) in [7, 11) is 0. The number of thiazole rings is 1. The Morgan fingerprint density at radius 1 is 1.34 bits per heavy atom. The number of para-hydroxylation sites is 1. The molecule has 1 aromatic carbocycles. The molecule has 1 amide bonds. The van der Waals surface area contributed by atoms with Gasteiger partial charge in [0.2, 0.25) is 5.89 Å². The van der Waals surface area contributed by atoms with Crippen molar-refractivity contribution in [3.63, 3.8) is 0 Å². The van der Waals surface area contributed by atoms with Crippen molar-refractivity contribution in [2.45, 2.75) is 31.9 Å². The van der Waals surface area contributed by atoms with E-state index < -0.39 is 17.6 Å². The van der Waals surface area contributed by atoms with Crippen LogP contribution < -0.4 is 0 Å². The van der Waals surface area contributed by atoms with Crippen LogP contribution in [0.1, 0.15) is 52.9 Å². The van der Waals surface area contributed by atoms with E-state index >= 15 is 0 Å². The Labute approximate surface area is 169 Å². The molecule has 4 aromatic rings. The summed E-state index contributed by atoms with van der Waals surface area (Å²) in [5.41, 5.74) is 1.31. The Morgan fingerprint density at radius 3 is 2.93 bits per heavy atom. The monoisotopic (exact) mass is 410 g/mol. The second kappa shape index (κ2) is 6.46. The molecule has 148 valence electrons. The number of aliphatic hydroxyl groups is 1. The molecule has 0 fully saturated rings. The van der Waals surface area contributed by atoms with Gasteiger partial charge in [-0.25, -0.2) is 9.97 Å². The molecule has 5 rings (SSSR count). The first-order valence-electron chi connectivity index (χ1n) is 9.17. The number of fused-ring (bicyclic) bond motifs is 2. The smallest absolute Gasteiger partial charge is 0.312 e. The summed E-state index contributed by atoms with van der Waals surface area (Å²) in [6.45, 7) is 3.50. The first-order valence-corrected chi connectivity index (χ1v) is 9.98. The molecule has 0 unspecified atom stereocenters. The Morgan fingerprint density at radius 2 is 2.17 bits per heavy atom. The third-order valence-corrected chi connectivity index (χ3v) is 5.95. The summed E-state index contributed by atoms with van der Waals surface area (Å²) < 4.78 is 6.51. The highest BCUT2D eigenvalue weighted by Gasteiger charge is 2.39. The summed E-state index contributed by atoms with van der Waals surface area (Å²) in [6, 6.07) is 7.40. The summed E-state index contributed by atoms with van der Waals surface area (Å²) in [5.74, 6) is -0.576. The molecule has 0 saturated heterocycles. The van der Waals surface area contributed by atoms with Gasteiger partial charge in [0.15, 0.2) is 0 Å². The number of aromatic nitrogens is 5. The number of nitrogens with zero attached hydrogens (tertiary/aromatic N) is 5. The molecular formula is C19H18N6O3S. The van der Waals surface area contributed by atoms with E-state index in [-0.39, 0.29) is 11.8 Å². The first kappa shape index (κ1) is 18.0. The molecule has 0 bridgehead atoms. The number of aromatic amines is 1. The lowest BCUT2D eigenvalue weighted by Gasteiger charge is -2.32. The van der Waals surface area contributed by atoms with Crippen molar-refractivity contribution in [2.24, 2.45) is 0 Å². The zero-order chi connectivity index (χ0) is 20.2. The number of carbonyl (C=O) groups is 1. The predicted molar refractivity (Wildman–Crippen MR) is 104 cm³/mol. The number of benzene rings is 1. The average Bonchev–Trinajstić information content (AvgIpc) is 3.44. The third-order valence-electron chi connectivity index (χ3n) is 4.86. The highest BCUT2D eigenvalue weighted by molar-refractivity contribution is 7.18. The van der Waals surface area contributed by atoms with Gasteiger partial charge >= 0.3 is 11.8 Å². The second-order valence-electron chi connectivity index (χ2n) is 7.41. The van der Waals surface area contributed by atoms with Gasteiger partial charge in [0.25, 0.3) is 0 Å². The maximum Gasteiger partial charge on any atom is 0.312 e. The van der Waals surface area contributed by atoms with Crippen molar-refractivity contribution in [1.29, 1.82) is 0 Å². The molecule has 9 nitrogen and oxygen atoms in total. The number of carbonyl (C=O) groups excluding carboxylic acids is 1. The fraction of sp³-hybridized carbons (Fsp3) is 0.316. The number of hydrogen-bond acceptors (Lipinski definition) is 8. The fourth-order valence-electron chi connectivity index (χ4n) is 3.43. The van der Waals surface area contributed by atoms with Crippen molar-refractivity contribution in [3.8, 4) is 0 Å². The second-order valence-corrected chi connectivity index (χ2v) is 8.47. The van der Waals surface area contributed by atoms with Crippen LogP contribution >= 0.6 is 11.3 Å². The number of hydrogen-bond donors (Lipinski definition) is 2. The van der Waals surface area contributed by atoms with Crippen LogP contribution in [0.15, 0.2) is 35.0 Å². The van der Waals surface area contributed by atoms with E-state index in [9.17, 15) is 9.90 Å². The van der Waals surface area contributed by atoms with E-state index in [4.69, 9.17) is 9.40 Å². The molecule has 0 aliphatic carbocycles. The molecule has 0 saturated carbocycles. The Hall–Kier alpha value is -3.11. The molecule has 1 atom stereocenters. The molecule has 0 radical (unpaired) electrons. The largest absolute Gasteiger partial charge is 0.414 e. The standard InChI is InChI=1S/C19H18N6O3S/c1-19(2,27)18-24-23-15(28-18)17(26)25-8-7-11-13(21-9-20-11)14(25)16-22-10-5-3-4-6-12(10)29-16/h3-6,9,14,27H,7-8H2,1-2H3,(H,20,21)/t14-/m0/s1. The topological polar surface area (TPSA) is 121 Å². The Kier molecular flexibility index (Phi) is 4.00. The molecule has 10 heteroatoms. The number of nitrogens with one attached hydrogen (secondary N) is 1. The molecule has 1 aliphatic heterocycles. The molecule has 29 heavy (non-hydrogen) atoms.